The first-order chi connectivity index (χ1) is 12.6. The van der Waals surface area contributed by atoms with Crippen molar-refractivity contribution >= 4 is 5.95 Å². The van der Waals surface area contributed by atoms with E-state index in [1.807, 2.05) is 0 Å². The van der Waals surface area contributed by atoms with Crippen molar-refractivity contribution in [3.8, 4) is 0 Å². The third-order valence-corrected chi connectivity index (χ3v) is 4.30. The first kappa shape index (κ1) is 19.3. The molecule has 2 aromatic rings. The largest absolute Gasteiger partial charge is 0.470 e. The van der Waals surface area contributed by atoms with Crippen molar-refractivity contribution in [2.75, 3.05) is 25.0 Å². The van der Waals surface area contributed by atoms with E-state index in [9.17, 15) is 22.4 Å². The van der Waals surface area contributed by atoms with Crippen molar-refractivity contribution in [2.45, 2.75) is 38.5 Å². The third kappa shape index (κ3) is 3.94. The van der Waals surface area contributed by atoms with Gasteiger partial charge in [-0.1, -0.05) is 13.8 Å². The van der Waals surface area contributed by atoms with Crippen molar-refractivity contribution in [3.05, 3.63) is 33.6 Å². The van der Waals surface area contributed by atoms with E-state index in [0.29, 0.717) is 13.1 Å². The van der Waals surface area contributed by atoms with E-state index in [4.69, 9.17) is 0 Å². The van der Waals surface area contributed by atoms with Gasteiger partial charge in [0.2, 0.25) is 17.7 Å². The molecule has 0 atom stereocenters. The highest BCUT2D eigenvalue weighted by Gasteiger charge is 2.39. The summed E-state index contributed by atoms with van der Waals surface area (Å²) in [5, 5.41) is 6.39. The first-order valence-electron chi connectivity index (χ1n) is 8.20. The number of rotatable bonds is 5. The van der Waals surface area contributed by atoms with Gasteiger partial charge in [0, 0.05) is 19.1 Å². The van der Waals surface area contributed by atoms with E-state index in [1.54, 1.807) is 30.7 Å². The second kappa shape index (κ2) is 6.91. The second-order valence-electron chi connectivity index (χ2n) is 6.72. The van der Waals surface area contributed by atoms with Gasteiger partial charge in [-0.2, -0.15) is 17.6 Å². The number of hydrogen-bond donors (Lipinski definition) is 1. The molecule has 148 valence electrons. The highest BCUT2D eigenvalue weighted by molar-refractivity contribution is 5.36. The van der Waals surface area contributed by atoms with Crippen LogP contribution in [0.5, 0.6) is 0 Å². The van der Waals surface area contributed by atoms with Crippen LogP contribution in [-0.2, 0) is 12.7 Å². The maximum absolute atomic E-state index is 13.8. The average Bonchev–Trinajstić information content (AvgIpc) is 2.97. The number of hydrogen-bond acceptors (Lipinski definition) is 7. The van der Waals surface area contributed by atoms with Gasteiger partial charge in [0.1, 0.15) is 0 Å². The Morgan fingerprint density at radius 1 is 1.33 bits per heavy atom. The van der Waals surface area contributed by atoms with Gasteiger partial charge in [0.05, 0.1) is 12.2 Å². The Hall–Kier alpha value is -2.50. The highest BCUT2D eigenvalue weighted by Crippen LogP contribution is 2.28. The fourth-order valence-electron chi connectivity index (χ4n) is 2.68. The summed E-state index contributed by atoms with van der Waals surface area (Å²) in [6, 6.07) is -0.0240. The standard InChI is InChI=1S/C15H18F4N6O2/c1-7(2)11-10(16)12(26)21-14(20-11)25-4-8(5-25)24(3)6-9-22-23-13(27-9)15(17,18)19/h7-8H,4-6H2,1-3H3,(H,20,21,26). The van der Waals surface area contributed by atoms with E-state index in [2.05, 4.69) is 24.6 Å². The van der Waals surface area contributed by atoms with Gasteiger partial charge < -0.3 is 9.32 Å². The van der Waals surface area contributed by atoms with Gasteiger partial charge in [-0.3, -0.25) is 14.7 Å². The molecule has 1 saturated heterocycles. The Morgan fingerprint density at radius 2 is 2.00 bits per heavy atom. The summed E-state index contributed by atoms with van der Waals surface area (Å²) in [4.78, 5) is 21.8. The minimum absolute atomic E-state index is 0.0240. The van der Waals surface area contributed by atoms with E-state index in [-0.39, 0.29) is 36.0 Å². The van der Waals surface area contributed by atoms with Gasteiger partial charge in [0.15, 0.2) is 0 Å². The maximum Gasteiger partial charge on any atom is 0.470 e. The molecule has 12 heteroatoms. The predicted octanol–water partition coefficient (Wildman–Crippen LogP) is 1.75. The van der Waals surface area contributed by atoms with Crippen LogP contribution in [-0.4, -0.2) is 51.2 Å². The molecule has 3 rings (SSSR count). The second-order valence-corrected chi connectivity index (χ2v) is 6.72. The van der Waals surface area contributed by atoms with Gasteiger partial charge >= 0.3 is 12.1 Å². The molecule has 0 aliphatic carbocycles. The number of alkyl halides is 3. The molecular weight excluding hydrogens is 372 g/mol. The van der Waals surface area contributed by atoms with Crippen molar-refractivity contribution in [1.29, 1.82) is 0 Å². The van der Waals surface area contributed by atoms with Crippen LogP contribution in [0.2, 0.25) is 0 Å². The Labute approximate surface area is 151 Å². The molecule has 0 unspecified atom stereocenters. The third-order valence-electron chi connectivity index (χ3n) is 4.30. The summed E-state index contributed by atoms with van der Waals surface area (Å²) in [7, 11) is 1.71. The topological polar surface area (TPSA) is 91.2 Å². The van der Waals surface area contributed by atoms with E-state index < -0.39 is 23.4 Å². The number of aromatic nitrogens is 4. The number of halogens is 4. The minimum atomic E-state index is -4.68. The molecular formula is C15H18F4N6O2. The lowest BCUT2D eigenvalue weighted by Crippen LogP contribution is -2.59. The van der Waals surface area contributed by atoms with Crippen molar-refractivity contribution < 1.29 is 22.0 Å². The molecule has 2 aromatic heterocycles. The van der Waals surface area contributed by atoms with Gasteiger partial charge in [-0.15, -0.1) is 10.2 Å². The maximum atomic E-state index is 13.8. The van der Waals surface area contributed by atoms with Crippen LogP contribution in [0.25, 0.3) is 0 Å². The van der Waals surface area contributed by atoms with E-state index in [1.165, 1.54) is 0 Å². The smallest absolute Gasteiger partial charge is 0.416 e. The number of aromatic amines is 1. The van der Waals surface area contributed by atoms with Crippen LogP contribution in [0.4, 0.5) is 23.5 Å². The fraction of sp³-hybridized carbons (Fsp3) is 0.600. The van der Waals surface area contributed by atoms with Crippen LogP contribution in [0.3, 0.4) is 0 Å². The Bertz CT molecular complexity index is 872. The average molecular weight is 390 g/mol. The first-order valence-corrected chi connectivity index (χ1v) is 8.20. The van der Waals surface area contributed by atoms with Crippen LogP contribution >= 0.6 is 0 Å². The van der Waals surface area contributed by atoms with Crippen LogP contribution < -0.4 is 10.5 Å². The molecule has 1 aliphatic rings. The minimum Gasteiger partial charge on any atom is -0.416 e. The molecule has 0 radical (unpaired) electrons. The fourth-order valence-corrected chi connectivity index (χ4v) is 2.68. The van der Waals surface area contributed by atoms with Gasteiger partial charge in [0.25, 0.3) is 5.56 Å². The summed E-state index contributed by atoms with van der Waals surface area (Å²) < 4.78 is 55.9. The van der Waals surface area contributed by atoms with Gasteiger partial charge in [-0.05, 0) is 13.0 Å². The molecule has 0 spiro atoms. The molecule has 0 amide bonds. The molecule has 8 nitrogen and oxygen atoms in total. The molecule has 3 heterocycles. The van der Waals surface area contributed by atoms with Crippen LogP contribution in [0.15, 0.2) is 9.21 Å². The number of nitrogens with one attached hydrogen (secondary N) is 1. The summed E-state index contributed by atoms with van der Waals surface area (Å²) in [5.74, 6) is -2.38. The van der Waals surface area contributed by atoms with Crippen molar-refractivity contribution in [2.24, 2.45) is 0 Å². The molecule has 1 aliphatic heterocycles. The lowest BCUT2D eigenvalue weighted by atomic mass is 10.1. The number of nitrogens with zero attached hydrogens (tertiary/aromatic N) is 5. The number of likely N-dealkylation sites (N-methyl/N-ethyl adjacent to an activating group) is 1. The summed E-state index contributed by atoms with van der Waals surface area (Å²) in [6.07, 6.45) is -4.68. The van der Waals surface area contributed by atoms with Crippen molar-refractivity contribution in [3.63, 3.8) is 0 Å². The van der Waals surface area contributed by atoms with Gasteiger partial charge in [-0.25, -0.2) is 4.98 Å². The summed E-state index contributed by atoms with van der Waals surface area (Å²) >= 11 is 0. The monoisotopic (exact) mass is 390 g/mol. The van der Waals surface area contributed by atoms with E-state index in [0.717, 1.165) is 0 Å². The van der Waals surface area contributed by atoms with Crippen LogP contribution in [0.1, 0.15) is 37.2 Å². The van der Waals surface area contributed by atoms with Crippen molar-refractivity contribution in [1.82, 2.24) is 25.1 Å². The Balaban J connectivity index is 1.62. The number of anilines is 1. The SMILES string of the molecule is CC(C)c1nc(N2CC(N(C)Cc3nnc(C(F)(F)F)o3)C2)[nH]c(=O)c1F. The van der Waals surface area contributed by atoms with Crippen LogP contribution in [0, 0.1) is 5.82 Å². The summed E-state index contributed by atoms with van der Waals surface area (Å²) in [5.41, 5.74) is -0.734. The molecule has 1 fully saturated rings. The predicted molar refractivity (Wildman–Crippen MR) is 85.7 cm³/mol. The van der Waals surface area contributed by atoms with E-state index >= 15 is 0 Å². The Morgan fingerprint density at radius 3 is 2.56 bits per heavy atom. The molecule has 0 saturated carbocycles. The lowest BCUT2D eigenvalue weighted by Gasteiger charge is -2.43. The number of H-pyrrole nitrogens is 1. The molecule has 0 bridgehead atoms. The zero-order chi connectivity index (χ0) is 19.9. The quantitative estimate of drug-likeness (QED) is 0.778. The zero-order valence-electron chi connectivity index (χ0n) is 14.8. The molecule has 0 aromatic carbocycles. The summed E-state index contributed by atoms with van der Waals surface area (Å²) in [6.45, 7) is 4.44. The normalized spacial score (nSPS) is 15.7. The Kier molecular flexibility index (Phi) is 4.93. The lowest BCUT2D eigenvalue weighted by molar-refractivity contribution is -0.157. The molecule has 27 heavy (non-hydrogen) atoms. The zero-order valence-corrected chi connectivity index (χ0v) is 14.8. The molecule has 1 N–H and O–H groups in total. The highest BCUT2D eigenvalue weighted by atomic mass is 19.4.